The fraction of sp³-hybridized carbons (Fsp3) is 0.455. The highest BCUT2D eigenvalue weighted by molar-refractivity contribution is 6.34. The Kier molecular flexibility index (Phi) is 4.87. The van der Waals surface area contributed by atoms with Crippen molar-refractivity contribution in [3.05, 3.63) is 27.7 Å². The first-order chi connectivity index (χ1) is 7.51. The van der Waals surface area contributed by atoms with Crippen molar-refractivity contribution in [2.75, 3.05) is 13.7 Å². The van der Waals surface area contributed by atoms with Crippen LogP contribution in [-0.4, -0.2) is 13.7 Å². The van der Waals surface area contributed by atoms with Gasteiger partial charge in [-0.05, 0) is 24.1 Å². The Hall–Kier alpha value is -0.480. The zero-order chi connectivity index (χ0) is 12.3. The summed E-state index contributed by atoms with van der Waals surface area (Å²) in [5.74, 6) is 0.685. The minimum atomic E-state index is -0.221. The molecule has 0 aromatic heterocycles. The summed E-state index contributed by atoms with van der Waals surface area (Å²) in [7, 11) is 1.54. The first-order valence-electron chi connectivity index (χ1n) is 4.99. The van der Waals surface area contributed by atoms with Gasteiger partial charge in [-0.25, -0.2) is 0 Å². The van der Waals surface area contributed by atoms with Crippen LogP contribution in [0.3, 0.4) is 0 Å². The maximum atomic E-state index is 6.12. The van der Waals surface area contributed by atoms with Crippen LogP contribution < -0.4 is 16.2 Å². The lowest BCUT2D eigenvalue weighted by atomic mass is 9.95. The minimum Gasteiger partial charge on any atom is -0.495 e. The van der Waals surface area contributed by atoms with E-state index in [1.54, 1.807) is 19.2 Å². The molecule has 0 saturated heterocycles. The Morgan fingerprint density at radius 2 is 1.94 bits per heavy atom. The fourth-order valence-electron chi connectivity index (χ4n) is 1.41. The Morgan fingerprint density at radius 1 is 1.31 bits per heavy atom. The SMILES string of the molecule is COc1cc(Cl)c(C(N)C(C)CN)cc1Cl. The first kappa shape index (κ1) is 13.6. The van der Waals surface area contributed by atoms with Crippen molar-refractivity contribution >= 4 is 23.2 Å². The minimum absolute atomic E-state index is 0.141. The highest BCUT2D eigenvalue weighted by Crippen LogP contribution is 2.35. The van der Waals surface area contributed by atoms with Crippen LogP contribution in [-0.2, 0) is 0 Å². The number of hydrogen-bond acceptors (Lipinski definition) is 3. The smallest absolute Gasteiger partial charge is 0.138 e. The molecule has 4 N–H and O–H groups in total. The van der Waals surface area contributed by atoms with Crippen molar-refractivity contribution in [1.82, 2.24) is 0 Å². The van der Waals surface area contributed by atoms with Crippen molar-refractivity contribution in [3.8, 4) is 5.75 Å². The largest absolute Gasteiger partial charge is 0.495 e. The van der Waals surface area contributed by atoms with Crippen molar-refractivity contribution in [2.45, 2.75) is 13.0 Å². The number of nitrogens with two attached hydrogens (primary N) is 2. The summed E-state index contributed by atoms with van der Waals surface area (Å²) in [4.78, 5) is 0. The van der Waals surface area contributed by atoms with Crippen molar-refractivity contribution in [3.63, 3.8) is 0 Å². The van der Waals surface area contributed by atoms with Gasteiger partial charge in [-0.15, -0.1) is 0 Å². The van der Waals surface area contributed by atoms with Gasteiger partial charge in [0.25, 0.3) is 0 Å². The summed E-state index contributed by atoms with van der Waals surface area (Å²) in [6, 6.07) is 3.18. The molecule has 0 aliphatic carbocycles. The lowest BCUT2D eigenvalue weighted by molar-refractivity contribution is 0.414. The third-order valence-electron chi connectivity index (χ3n) is 2.62. The van der Waals surface area contributed by atoms with Gasteiger partial charge < -0.3 is 16.2 Å². The second-order valence-electron chi connectivity index (χ2n) is 3.75. The second kappa shape index (κ2) is 5.73. The summed E-state index contributed by atoms with van der Waals surface area (Å²) in [5.41, 5.74) is 12.4. The molecule has 3 nitrogen and oxygen atoms in total. The normalized spacial score (nSPS) is 14.6. The molecule has 2 unspecified atom stereocenters. The number of hydrogen-bond donors (Lipinski definition) is 2. The van der Waals surface area contributed by atoms with Crippen molar-refractivity contribution in [1.29, 1.82) is 0 Å². The maximum absolute atomic E-state index is 6.12. The molecular formula is C11H16Cl2N2O. The quantitative estimate of drug-likeness (QED) is 0.877. The average Bonchev–Trinajstić information content (AvgIpc) is 2.29. The number of benzene rings is 1. The van der Waals surface area contributed by atoms with E-state index in [2.05, 4.69) is 0 Å². The summed E-state index contributed by atoms with van der Waals surface area (Å²) in [5, 5.41) is 1.05. The molecule has 0 fully saturated rings. The fourth-order valence-corrected chi connectivity index (χ4v) is 1.94. The molecule has 0 saturated carbocycles. The topological polar surface area (TPSA) is 61.3 Å². The van der Waals surface area contributed by atoms with Gasteiger partial charge in [0.05, 0.1) is 12.1 Å². The van der Waals surface area contributed by atoms with Gasteiger partial charge in [0.15, 0.2) is 0 Å². The Balaban J connectivity index is 3.10. The van der Waals surface area contributed by atoms with E-state index in [4.69, 9.17) is 39.4 Å². The first-order valence-corrected chi connectivity index (χ1v) is 5.75. The Labute approximate surface area is 106 Å². The van der Waals surface area contributed by atoms with E-state index in [0.29, 0.717) is 22.3 Å². The van der Waals surface area contributed by atoms with Crippen LogP contribution in [0, 0.1) is 5.92 Å². The van der Waals surface area contributed by atoms with Gasteiger partial charge in [0.2, 0.25) is 0 Å². The second-order valence-corrected chi connectivity index (χ2v) is 4.56. The van der Waals surface area contributed by atoms with Gasteiger partial charge in [-0.1, -0.05) is 30.1 Å². The maximum Gasteiger partial charge on any atom is 0.138 e. The van der Waals surface area contributed by atoms with Crippen molar-refractivity contribution < 1.29 is 4.74 Å². The van der Waals surface area contributed by atoms with E-state index in [9.17, 15) is 0 Å². The zero-order valence-electron chi connectivity index (χ0n) is 9.34. The highest BCUT2D eigenvalue weighted by atomic mass is 35.5. The molecule has 0 radical (unpaired) electrons. The monoisotopic (exact) mass is 262 g/mol. The molecule has 0 aliphatic rings. The number of methoxy groups -OCH3 is 1. The summed E-state index contributed by atoms with van der Waals surface area (Å²) < 4.78 is 5.07. The van der Waals surface area contributed by atoms with E-state index >= 15 is 0 Å². The third-order valence-corrected chi connectivity index (χ3v) is 3.24. The molecule has 2 atom stereocenters. The molecule has 1 aromatic carbocycles. The van der Waals surface area contributed by atoms with Crippen LogP contribution >= 0.6 is 23.2 Å². The van der Waals surface area contributed by atoms with E-state index in [1.807, 2.05) is 6.92 Å². The number of ether oxygens (including phenoxy) is 1. The summed E-state index contributed by atoms with van der Waals surface area (Å²) >= 11 is 12.1. The molecule has 0 spiro atoms. The Bertz CT molecular complexity index is 371. The molecule has 1 rings (SSSR count). The predicted molar refractivity (Wildman–Crippen MR) is 68.2 cm³/mol. The summed E-state index contributed by atoms with van der Waals surface area (Å²) in [6.45, 7) is 2.47. The van der Waals surface area contributed by atoms with Crippen LogP contribution in [0.4, 0.5) is 0 Å². The van der Waals surface area contributed by atoms with Gasteiger partial charge in [0.1, 0.15) is 5.75 Å². The third kappa shape index (κ3) is 2.80. The van der Waals surface area contributed by atoms with Crippen LogP contribution in [0.1, 0.15) is 18.5 Å². The van der Waals surface area contributed by atoms with Gasteiger partial charge in [-0.3, -0.25) is 0 Å². The number of halogens is 2. The lowest BCUT2D eigenvalue weighted by Gasteiger charge is -2.20. The molecule has 5 heteroatoms. The molecular weight excluding hydrogens is 247 g/mol. The molecule has 0 bridgehead atoms. The highest BCUT2D eigenvalue weighted by Gasteiger charge is 2.18. The molecule has 0 heterocycles. The molecule has 16 heavy (non-hydrogen) atoms. The zero-order valence-corrected chi connectivity index (χ0v) is 10.8. The van der Waals surface area contributed by atoms with Crippen LogP contribution in [0.5, 0.6) is 5.75 Å². The van der Waals surface area contributed by atoms with E-state index in [-0.39, 0.29) is 12.0 Å². The van der Waals surface area contributed by atoms with Crippen LogP contribution in [0.15, 0.2) is 12.1 Å². The molecule has 0 amide bonds. The van der Waals surface area contributed by atoms with E-state index in [0.717, 1.165) is 5.56 Å². The van der Waals surface area contributed by atoms with Gasteiger partial charge in [0, 0.05) is 17.1 Å². The summed E-state index contributed by atoms with van der Waals surface area (Å²) in [6.07, 6.45) is 0. The van der Waals surface area contributed by atoms with Crippen molar-refractivity contribution in [2.24, 2.45) is 17.4 Å². The van der Waals surface area contributed by atoms with Crippen LogP contribution in [0.25, 0.3) is 0 Å². The molecule has 0 aliphatic heterocycles. The average molecular weight is 263 g/mol. The Morgan fingerprint density at radius 3 is 2.44 bits per heavy atom. The van der Waals surface area contributed by atoms with Gasteiger partial charge >= 0.3 is 0 Å². The van der Waals surface area contributed by atoms with E-state index < -0.39 is 0 Å². The molecule has 90 valence electrons. The predicted octanol–water partition coefficient (Wildman–Crippen LogP) is 2.60. The standard InChI is InChI=1S/C11H16Cl2N2O/c1-6(5-14)11(15)7-3-9(13)10(16-2)4-8(7)12/h3-4,6,11H,5,14-15H2,1-2H3. The van der Waals surface area contributed by atoms with E-state index in [1.165, 1.54) is 0 Å². The molecule has 1 aromatic rings. The van der Waals surface area contributed by atoms with Crippen LogP contribution in [0.2, 0.25) is 10.0 Å². The lowest BCUT2D eigenvalue weighted by Crippen LogP contribution is -2.25. The van der Waals surface area contributed by atoms with Gasteiger partial charge in [-0.2, -0.15) is 0 Å². The number of rotatable bonds is 4.